The van der Waals surface area contributed by atoms with Gasteiger partial charge in [-0.25, -0.2) is 4.98 Å². The summed E-state index contributed by atoms with van der Waals surface area (Å²) in [5, 5.41) is 5.38. The maximum absolute atomic E-state index is 4.88. The van der Waals surface area contributed by atoms with Crippen LogP contribution >= 0.6 is 11.3 Å². The van der Waals surface area contributed by atoms with Crippen molar-refractivity contribution >= 4 is 22.1 Å². The number of fused-ring (bicyclic) bond motifs is 1. The van der Waals surface area contributed by atoms with Crippen molar-refractivity contribution in [3.05, 3.63) is 17.3 Å². The summed E-state index contributed by atoms with van der Waals surface area (Å²) in [6.07, 6.45) is 5.71. The molecule has 1 atom stereocenters. The first-order valence-electron chi connectivity index (χ1n) is 7.58. The summed E-state index contributed by atoms with van der Waals surface area (Å²) in [5.41, 5.74) is 1.28. The molecule has 20 heavy (non-hydrogen) atoms. The van der Waals surface area contributed by atoms with Crippen molar-refractivity contribution in [2.24, 2.45) is 0 Å². The van der Waals surface area contributed by atoms with Crippen molar-refractivity contribution < 1.29 is 0 Å². The molecule has 2 aromatic heterocycles. The molecule has 0 saturated heterocycles. The third-order valence-electron chi connectivity index (χ3n) is 3.83. The largest absolute Gasteiger partial charge is 0.352 e. The van der Waals surface area contributed by atoms with Crippen molar-refractivity contribution in [1.29, 1.82) is 0 Å². The summed E-state index contributed by atoms with van der Waals surface area (Å²) in [4.78, 5) is 8.46. The van der Waals surface area contributed by atoms with Gasteiger partial charge in [-0.1, -0.05) is 20.3 Å². The van der Waals surface area contributed by atoms with E-state index in [9.17, 15) is 0 Å². The van der Waals surface area contributed by atoms with E-state index in [1.54, 1.807) is 11.3 Å². The minimum atomic E-state index is 0.529. The van der Waals surface area contributed by atoms with Gasteiger partial charge in [-0.15, -0.1) is 11.3 Å². The van der Waals surface area contributed by atoms with Crippen molar-refractivity contribution in [1.82, 2.24) is 14.7 Å². The highest BCUT2D eigenvalue weighted by atomic mass is 32.1. The second kappa shape index (κ2) is 7.09. The predicted molar refractivity (Wildman–Crippen MR) is 87.8 cm³/mol. The molecule has 0 saturated carbocycles. The summed E-state index contributed by atoms with van der Waals surface area (Å²) in [6.45, 7) is 8.74. The van der Waals surface area contributed by atoms with Crippen LogP contribution in [0.3, 0.4) is 0 Å². The molecule has 1 unspecified atom stereocenters. The standard InChI is InChI=1S/C15H26N4S/c1-5-7-8-18(12(3)6-2)14-13(11-16-4)19-9-10-20-15(19)17-14/h9-10,12,16H,5-8,11H2,1-4H3. The molecule has 0 aliphatic heterocycles. The van der Waals surface area contributed by atoms with Gasteiger partial charge >= 0.3 is 0 Å². The number of hydrogen-bond acceptors (Lipinski definition) is 4. The molecule has 0 fully saturated rings. The molecule has 0 aliphatic carbocycles. The lowest BCUT2D eigenvalue weighted by atomic mass is 10.2. The zero-order valence-corrected chi connectivity index (χ0v) is 13.8. The Morgan fingerprint density at radius 2 is 2.25 bits per heavy atom. The van der Waals surface area contributed by atoms with Gasteiger partial charge in [0.15, 0.2) is 10.8 Å². The summed E-state index contributed by atoms with van der Waals surface area (Å²) >= 11 is 1.71. The maximum atomic E-state index is 4.88. The quantitative estimate of drug-likeness (QED) is 0.808. The molecule has 1 N–H and O–H groups in total. The van der Waals surface area contributed by atoms with Crippen LogP contribution in [0.15, 0.2) is 11.6 Å². The summed E-state index contributed by atoms with van der Waals surface area (Å²) in [6, 6.07) is 0.529. The molecule has 0 bridgehead atoms. The predicted octanol–water partition coefficient (Wildman–Crippen LogP) is 3.52. The van der Waals surface area contributed by atoms with Crippen LogP contribution in [0.5, 0.6) is 0 Å². The van der Waals surface area contributed by atoms with Crippen LogP contribution in [0.4, 0.5) is 5.82 Å². The van der Waals surface area contributed by atoms with Gasteiger partial charge in [0, 0.05) is 30.7 Å². The number of nitrogens with one attached hydrogen (secondary N) is 1. The van der Waals surface area contributed by atoms with E-state index in [4.69, 9.17) is 4.98 Å². The first kappa shape index (κ1) is 15.3. The second-order valence-corrected chi connectivity index (χ2v) is 6.15. The van der Waals surface area contributed by atoms with Crippen molar-refractivity contribution in [2.45, 2.75) is 52.6 Å². The molecule has 2 rings (SSSR count). The number of thiazole rings is 1. The van der Waals surface area contributed by atoms with Crippen molar-refractivity contribution in [2.75, 3.05) is 18.5 Å². The smallest absolute Gasteiger partial charge is 0.195 e. The molecule has 2 heterocycles. The minimum absolute atomic E-state index is 0.529. The minimum Gasteiger partial charge on any atom is -0.352 e. The highest BCUT2D eigenvalue weighted by molar-refractivity contribution is 7.15. The summed E-state index contributed by atoms with van der Waals surface area (Å²) in [7, 11) is 2.00. The zero-order chi connectivity index (χ0) is 14.5. The molecule has 0 aliphatic rings. The molecule has 0 amide bonds. The third kappa shape index (κ3) is 2.99. The zero-order valence-electron chi connectivity index (χ0n) is 13.0. The van der Waals surface area contributed by atoms with Crippen LogP contribution in [0.2, 0.25) is 0 Å². The van der Waals surface area contributed by atoms with E-state index < -0.39 is 0 Å². The first-order valence-corrected chi connectivity index (χ1v) is 8.46. The molecular weight excluding hydrogens is 268 g/mol. The number of nitrogens with zero attached hydrogens (tertiary/aromatic N) is 3. The molecule has 2 aromatic rings. The number of unbranched alkanes of at least 4 members (excludes halogenated alkanes) is 1. The third-order valence-corrected chi connectivity index (χ3v) is 4.59. The average Bonchev–Trinajstić information content (AvgIpc) is 3.02. The fourth-order valence-electron chi connectivity index (χ4n) is 2.47. The van der Waals surface area contributed by atoms with Gasteiger partial charge in [-0.05, 0) is 26.8 Å². The van der Waals surface area contributed by atoms with E-state index in [0.29, 0.717) is 6.04 Å². The van der Waals surface area contributed by atoms with Gasteiger partial charge in [-0.2, -0.15) is 0 Å². The van der Waals surface area contributed by atoms with Crippen LogP contribution in [-0.2, 0) is 6.54 Å². The Labute approximate surface area is 125 Å². The molecule has 0 aromatic carbocycles. The topological polar surface area (TPSA) is 32.6 Å². The lowest BCUT2D eigenvalue weighted by molar-refractivity contribution is 0.586. The van der Waals surface area contributed by atoms with E-state index in [2.05, 4.69) is 47.0 Å². The second-order valence-electron chi connectivity index (χ2n) is 5.27. The Bertz CT molecular complexity index is 531. The lowest BCUT2D eigenvalue weighted by Gasteiger charge is -2.29. The lowest BCUT2D eigenvalue weighted by Crippen LogP contribution is -2.35. The fraction of sp³-hybridized carbons (Fsp3) is 0.667. The van der Waals surface area contributed by atoms with Gasteiger partial charge < -0.3 is 10.2 Å². The van der Waals surface area contributed by atoms with E-state index in [-0.39, 0.29) is 0 Å². The summed E-state index contributed by atoms with van der Waals surface area (Å²) < 4.78 is 2.22. The number of hydrogen-bond donors (Lipinski definition) is 1. The summed E-state index contributed by atoms with van der Waals surface area (Å²) in [5.74, 6) is 1.16. The average molecular weight is 294 g/mol. The van der Waals surface area contributed by atoms with Gasteiger partial charge in [0.1, 0.15) is 0 Å². The number of imidazole rings is 1. The van der Waals surface area contributed by atoms with E-state index >= 15 is 0 Å². The van der Waals surface area contributed by atoms with Gasteiger partial charge in [0.2, 0.25) is 0 Å². The van der Waals surface area contributed by atoms with Crippen molar-refractivity contribution in [3.63, 3.8) is 0 Å². The Kier molecular flexibility index (Phi) is 5.43. The highest BCUT2D eigenvalue weighted by Gasteiger charge is 2.21. The van der Waals surface area contributed by atoms with E-state index in [1.807, 2.05) is 7.05 Å². The van der Waals surface area contributed by atoms with Crippen LogP contribution in [0, 0.1) is 0 Å². The number of aromatic nitrogens is 2. The fourth-order valence-corrected chi connectivity index (χ4v) is 3.19. The van der Waals surface area contributed by atoms with Gasteiger partial charge in [-0.3, -0.25) is 4.40 Å². The SMILES string of the molecule is CCCCN(c1nc2sccn2c1CNC)C(C)CC. The number of rotatable bonds is 8. The molecular formula is C15H26N4S. The monoisotopic (exact) mass is 294 g/mol. The van der Waals surface area contributed by atoms with E-state index in [1.165, 1.54) is 18.5 Å². The Morgan fingerprint density at radius 3 is 2.90 bits per heavy atom. The molecule has 5 heteroatoms. The number of anilines is 1. The van der Waals surface area contributed by atoms with E-state index in [0.717, 1.165) is 30.3 Å². The Morgan fingerprint density at radius 1 is 1.45 bits per heavy atom. The normalized spacial score (nSPS) is 13.0. The highest BCUT2D eigenvalue weighted by Crippen LogP contribution is 2.27. The molecule has 0 spiro atoms. The van der Waals surface area contributed by atoms with Crippen LogP contribution in [0.1, 0.15) is 45.7 Å². The Balaban J connectivity index is 2.39. The maximum Gasteiger partial charge on any atom is 0.195 e. The van der Waals surface area contributed by atoms with Crippen LogP contribution in [-0.4, -0.2) is 29.0 Å². The Hall–Kier alpha value is -1.07. The van der Waals surface area contributed by atoms with Crippen LogP contribution < -0.4 is 10.2 Å². The van der Waals surface area contributed by atoms with Crippen molar-refractivity contribution in [3.8, 4) is 0 Å². The molecule has 4 nitrogen and oxygen atoms in total. The van der Waals surface area contributed by atoms with Gasteiger partial charge in [0.25, 0.3) is 0 Å². The van der Waals surface area contributed by atoms with Gasteiger partial charge in [0.05, 0.1) is 5.69 Å². The van der Waals surface area contributed by atoms with Crippen LogP contribution in [0.25, 0.3) is 4.96 Å². The first-order chi connectivity index (χ1) is 9.72. The molecule has 112 valence electrons. The molecule has 0 radical (unpaired) electrons.